The number of alkyl halides is 2. The smallest absolute Gasteiger partial charge is 0.342 e. The summed E-state index contributed by atoms with van der Waals surface area (Å²) in [4.78, 5) is 22.7. The van der Waals surface area contributed by atoms with Crippen LogP contribution in [0.15, 0.2) is 0 Å². The Morgan fingerprint density at radius 3 is 2.69 bits per heavy atom. The number of hydrogen-bond acceptors (Lipinski definition) is 4. The number of carbonyl (C=O) groups excluding carboxylic acids is 2. The fraction of sp³-hybridized carbons (Fsp3) is 0.778. The van der Waals surface area contributed by atoms with Gasteiger partial charge in [-0.25, -0.2) is 4.79 Å². The van der Waals surface area contributed by atoms with Gasteiger partial charge in [0.2, 0.25) is 0 Å². The molecule has 0 aromatic rings. The Kier molecular flexibility index (Phi) is 4.76. The molecule has 0 bridgehead atoms. The Hall–Kier alpha value is -0.130. The van der Waals surface area contributed by atoms with Crippen molar-refractivity contribution in [1.29, 1.82) is 0 Å². The van der Waals surface area contributed by atoms with Gasteiger partial charge in [0.1, 0.15) is 0 Å². The third-order valence-corrected chi connectivity index (χ3v) is 4.03. The van der Waals surface area contributed by atoms with E-state index in [0.717, 1.165) is 0 Å². The minimum absolute atomic E-state index is 0.280. The van der Waals surface area contributed by atoms with Gasteiger partial charge < -0.3 is 9.64 Å². The van der Waals surface area contributed by atoms with Gasteiger partial charge in [0.05, 0.1) is 6.61 Å². The Bertz CT molecular complexity index is 300. The van der Waals surface area contributed by atoms with E-state index in [9.17, 15) is 9.59 Å². The number of ether oxygens (including phenoxy) is 1. The number of halogens is 2. The topological polar surface area (TPSA) is 46.6 Å². The molecule has 0 saturated carbocycles. The maximum atomic E-state index is 11.8. The van der Waals surface area contributed by atoms with E-state index in [-0.39, 0.29) is 6.61 Å². The quantitative estimate of drug-likeness (QED) is 0.584. The molecule has 0 radical (unpaired) electrons. The van der Waals surface area contributed by atoms with Crippen LogP contribution in [0.4, 0.5) is 0 Å². The van der Waals surface area contributed by atoms with Crippen molar-refractivity contribution in [2.24, 2.45) is 0 Å². The van der Waals surface area contributed by atoms with Crippen molar-refractivity contribution in [3.05, 3.63) is 0 Å². The molecule has 4 nitrogen and oxygen atoms in total. The molecule has 1 saturated heterocycles. The van der Waals surface area contributed by atoms with E-state index in [1.807, 2.05) is 0 Å². The number of thioether (sulfide) groups is 1. The van der Waals surface area contributed by atoms with Crippen molar-refractivity contribution in [2.45, 2.75) is 23.6 Å². The Balaban J connectivity index is 2.85. The molecular formula is C9H13Cl2NO3S. The van der Waals surface area contributed by atoms with Crippen molar-refractivity contribution in [3.8, 4) is 0 Å². The molecule has 1 fully saturated rings. The fourth-order valence-corrected chi connectivity index (χ4v) is 2.92. The molecule has 0 N–H and O–H groups in total. The largest absolute Gasteiger partial charge is 0.464 e. The molecule has 1 atom stereocenters. The Morgan fingerprint density at radius 2 is 2.19 bits per heavy atom. The molecule has 92 valence electrons. The standard InChI is InChI=1S/C9H13Cl2NO3S/c1-3-15-8(14)9(2)12(4-5-16-9)7(13)6(10)11/h6H,3-5H2,1-2H3. The van der Waals surface area contributed by atoms with Gasteiger partial charge in [-0.2, -0.15) is 0 Å². The number of amides is 1. The molecule has 7 heteroatoms. The zero-order valence-electron chi connectivity index (χ0n) is 9.03. The molecule has 1 amide bonds. The fourth-order valence-electron chi connectivity index (χ4n) is 1.50. The van der Waals surface area contributed by atoms with E-state index in [0.29, 0.717) is 12.3 Å². The lowest BCUT2D eigenvalue weighted by molar-refractivity contribution is -0.155. The number of hydrogen-bond donors (Lipinski definition) is 0. The van der Waals surface area contributed by atoms with Gasteiger partial charge >= 0.3 is 5.97 Å². The summed E-state index contributed by atoms with van der Waals surface area (Å²) in [6.07, 6.45) is 0. The first-order valence-corrected chi connectivity index (χ1v) is 6.70. The minimum atomic E-state index is -1.15. The number of rotatable bonds is 3. The lowest BCUT2D eigenvalue weighted by Gasteiger charge is -2.32. The van der Waals surface area contributed by atoms with E-state index in [1.54, 1.807) is 13.8 Å². The van der Waals surface area contributed by atoms with E-state index in [2.05, 4.69) is 0 Å². The first-order valence-electron chi connectivity index (χ1n) is 4.84. The summed E-state index contributed by atoms with van der Waals surface area (Å²) >= 11 is 12.4. The predicted molar refractivity (Wildman–Crippen MR) is 64.7 cm³/mol. The molecule has 0 aromatic heterocycles. The molecule has 0 spiro atoms. The van der Waals surface area contributed by atoms with Crippen LogP contribution in [0.25, 0.3) is 0 Å². The van der Waals surface area contributed by atoms with E-state index < -0.39 is 21.6 Å². The van der Waals surface area contributed by atoms with Gasteiger partial charge in [0.25, 0.3) is 5.91 Å². The SMILES string of the molecule is CCOC(=O)C1(C)SCCN1C(=O)C(Cl)Cl. The summed E-state index contributed by atoms with van der Waals surface area (Å²) in [6.45, 7) is 4.10. The highest BCUT2D eigenvalue weighted by Crippen LogP contribution is 2.37. The predicted octanol–water partition coefficient (Wildman–Crippen LogP) is 1.64. The third-order valence-electron chi connectivity index (χ3n) is 2.32. The summed E-state index contributed by atoms with van der Waals surface area (Å²) in [5.41, 5.74) is 0. The maximum Gasteiger partial charge on any atom is 0.342 e. The molecule has 1 heterocycles. The summed E-state index contributed by atoms with van der Waals surface area (Å²) < 4.78 is 4.95. The highest BCUT2D eigenvalue weighted by molar-refractivity contribution is 8.01. The van der Waals surface area contributed by atoms with Crippen LogP contribution in [-0.4, -0.2) is 45.4 Å². The van der Waals surface area contributed by atoms with Crippen molar-refractivity contribution in [2.75, 3.05) is 18.9 Å². The first-order chi connectivity index (χ1) is 7.43. The Labute approximate surface area is 109 Å². The molecule has 16 heavy (non-hydrogen) atoms. The van der Waals surface area contributed by atoms with Gasteiger partial charge in [0, 0.05) is 12.3 Å². The van der Waals surface area contributed by atoms with Crippen LogP contribution in [0, 0.1) is 0 Å². The van der Waals surface area contributed by atoms with Gasteiger partial charge in [-0.05, 0) is 13.8 Å². The lowest BCUT2D eigenvalue weighted by atomic mass is 10.2. The second kappa shape index (κ2) is 5.47. The van der Waals surface area contributed by atoms with Crippen LogP contribution in [0.1, 0.15) is 13.8 Å². The molecule has 0 aliphatic carbocycles. The average Bonchev–Trinajstić information content (AvgIpc) is 2.61. The van der Waals surface area contributed by atoms with E-state index in [1.165, 1.54) is 16.7 Å². The monoisotopic (exact) mass is 285 g/mol. The third kappa shape index (κ3) is 2.57. The van der Waals surface area contributed by atoms with Crippen LogP contribution in [0.2, 0.25) is 0 Å². The number of nitrogens with zero attached hydrogens (tertiary/aromatic N) is 1. The second-order valence-electron chi connectivity index (χ2n) is 3.34. The number of esters is 1. The van der Waals surface area contributed by atoms with Crippen LogP contribution >= 0.6 is 35.0 Å². The van der Waals surface area contributed by atoms with Crippen LogP contribution < -0.4 is 0 Å². The van der Waals surface area contributed by atoms with Gasteiger partial charge in [-0.1, -0.05) is 23.2 Å². The summed E-state index contributed by atoms with van der Waals surface area (Å²) in [5, 5.41) is 0. The molecular weight excluding hydrogens is 273 g/mol. The zero-order valence-corrected chi connectivity index (χ0v) is 11.4. The van der Waals surface area contributed by atoms with Crippen LogP contribution in [0.3, 0.4) is 0 Å². The molecule has 1 unspecified atom stereocenters. The van der Waals surface area contributed by atoms with Gasteiger partial charge in [-0.3, -0.25) is 4.79 Å². The second-order valence-corrected chi connectivity index (χ2v) is 5.93. The Morgan fingerprint density at radius 1 is 1.56 bits per heavy atom. The van der Waals surface area contributed by atoms with E-state index >= 15 is 0 Å². The van der Waals surface area contributed by atoms with Crippen molar-refractivity contribution in [1.82, 2.24) is 4.90 Å². The summed E-state index contributed by atoms with van der Waals surface area (Å²) in [6, 6.07) is 0. The lowest BCUT2D eigenvalue weighted by Crippen LogP contribution is -2.51. The summed E-state index contributed by atoms with van der Waals surface area (Å²) in [7, 11) is 0. The minimum Gasteiger partial charge on any atom is -0.464 e. The van der Waals surface area contributed by atoms with Crippen LogP contribution in [0.5, 0.6) is 0 Å². The first kappa shape index (κ1) is 13.9. The molecule has 1 aliphatic rings. The van der Waals surface area contributed by atoms with Crippen molar-refractivity contribution in [3.63, 3.8) is 0 Å². The molecule has 0 aromatic carbocycles. The molecule has 1 rings (SSSR count). The highest BCUT2D eigenvalue weighted by Gasteiger charge is 2.48. The zero-order chi connectivity index (χ0) is 12.3. The average molecular weight is 286 g/mol. The van der Waals surface area contributed by atoms with Gasteiger partial charge in [-0.15, -0.1) is 11.8 Å². The number of carbonyl (C=O) groups is 2. The van der Waals surface area contributed by atoms with Crippen molar-refractivity contribution < 1.29 is 14.3 Å². The van der Waals surface area contributed by atoms with Crippen LogP contribution in [-0.2, 0) is 14.3 Å². The summed E-state index contributed by atoms with van der Waals surface area (Å²) in [5.74, 6) is -0.217. The maximum absolute atomic E-state index is 11.8. The van der Waals surface area contributed by atoms with Crippen molar-refractivity contribution >= 4 is 46.8 Å². The van der Waals surface area contributed by atoms with Gasteiger partial charge in [0.15, 0.2) is 9.71 Å². The normalized spacial score (nSPS) is 24.9. The highest BCUT2D eigenvalue weighted by atomic mass is 35.5. The molecule has 1 aliphatic heterocycles. The van der Waals surface area contributed by atoms with E-state index in [4.69, 9.17) is 27.9 Å².